The highest BCUT2D eigenvalue weighted by atomic mass is 32.1. The highest BCUT2D eigenvalue weighted by Gasteiger charge is 2.28. The number of aromatic nitrogens is 2. The molecule has 100 valence electrons. The Labute approximate surface area is 113 Å². The molecule has 0 aliphatic carbocycles. The molecule has 8 heteroatoms. The van der Waals surface area contributed by atoms with Crippen LogP contribution in [-0.2, 0) is 4.79 Å². The number of primary amides is 1. The summed E-state index contributed by atoms with van der Waals surface area (Å²) >= 11 is 1.53. The normalized spacial score (nSPS) is 19.0. The van der Waals surface area contributed by atoms with Crippen LogP contribution in [0.2, 0.25) is 0 Å². The number of hydrogen-bond donors (Lipinski definition) is 3. The molecule has 2 aromatic heterocycles. The average molecular weight is 278 g/mol. The Bertz CT molecular complexity index is 627. The summed E-state index contributed by atoms with van der Waals surface area (Å²) in [6, 6.07) is 1.98. The maximum absolute atomic E-state index is 11.2. The summed E-state index contributed by atoms with van der Waals surface area (Å²) in [5, 5.41) is 2.94. The summed E-state index contributed by atoms with van der Waals surface area (Å²) in [6.45, 7) is 1.36. The van der Waals surface area contributed by atoms with Gasteiger partial charge in [0.15, 0.2) is 0 Å². The summed E-state index contributed by atoms with van der Waals surface area (Å²) in [7, 11) is 0. The Morgan fingerprint density at radius 1 is 1.53 bits per heavy atom. The number of thiophene rings is 1. The van der Waals surface area contributed by atoms with Crippen molar-refractivity contribution in [2.24, 2.45) is 17.5 Å². The van der Waals surface area contributed by atoms with E-state index >= 15 is 0 Å². The number of carbonyl (C=O) groups is 1. The molecule has 1 amide bonds. The molecule has 0 aromatic carbocycles. The smallest absolute Gasteiger partial charge is 0.240 e. The van der Waals surface area contributed by atoms with Gasteiger partial charge in [0.2, 0.25) is 11.9 Å². The summed E-state index contributed by atoms with van der Waals surface area (Å²) in [6.07, 6.45) is 0.760. The minimum atomic E-state index is -0.254. The zero-order chi connectivity index (χ0) is 13.4. The molecule has 1 aliphatic rings. The van der Waals surface area contributed by atoms with E-state index in [1.54, 1.807) is 0 Å². The maximum Gasteiger partial charge on any atom is 0.240 e. The molecule has 1 aliphatic heterocycles. The van der Waals surface area contributed by atoms with E-state index < -0.39 is 0 Å². The van der Waals surface area contributed by atoms with Crippen LogP contribution in [-0.4, -0.2) is 29.0 Å². The quantitative estimate of drug-likeness (QED) is 0.550. The van der Waals surface area contributed by atoms with Gasteiger partial charge in [-0.05, 0) is 17.9 Å². The Hall–Kier alpha value is -1.93. The van der Waals surface area contributed by atoms with Crippen LogP contribution in [0, 0.1) is 5.92 Å². The van der Waals surface area contributed by atoms with Gasteiger partial charge in [0.1, 0.15) is 10.6 Å². The van der Waals surface area contributed by atoms with Crippen molar-refractivity contribution in [1.29, 1.82) is 0 Å². The van der Waals surface area contributed by atoms with E-state index in [-0.39, 0.29) is 11.8 Å². The Kier molecular flexibility index (Phi) is 2.96. The lowest BCUT2D eigenvalue weighted by Crippen LogP contribution is -2.28. The summed E-state index contributed by atoms with van der Waals surface area (Å²) in [4.78, 5) is 22.9. The highest BCUT2D eigenvalue weighted by molar-refractivity contribution is 7.16. The number of fused-ring (bicyclic) bond motifs is 1. The molecule has 1 unspecified atom stereocenters. The van der Waals surface area contributed by atoms with Gasteiger partial charge in [-0.1, -0.05) is 0 Å². The van der Waals surface area contributed by atoms with Gasteiger partial charge in [0, 0.05) is 13.1 Å². The van der Waals surface area contributed by atoms with Gasteiger partial charge >= 0.3 is 0 Å². The molecule has 3 heterocycles. The molecule has 0 saturated carbocycles. The highest BCUT2D eigenvalue weighted by Crippen LogP contribution is 2.31. The second kappa shape index (κ2) is 4.63. The first-order valence-corrected chi connectivity index (χ1v) is 6.83. The molecule has 5 N–H and O–H groups in total. The number of hydrogen-bond acceptors (Lipinski definition) is 7. The van der Waals surface area contributed by atoms with E-state index in [2.05, 4.69) is 20.3 Å². The van der Waals surface area contributed by atoms with Gasteiger partial charge in [-0.15, -0.1) is 11.3 Å². The monoisotopic (exact) mass is 278 g/mol. The number of amides is 1. The molecule has 1 saturated heterocycles. The molecule has 19 heavy (non-hydrogen) atoms. The molecular weight excluding hydrogens is 264 g/mol. The molecule has 1 fully saturated rings. The SMILES string of the molecule is NNc1nc(N2CCC(C(N)=O)C2)c2ccsc2n1. The van der Waals surface area contributed by atoms with Crippen molar-refractivity contribution in [2.45, 2.75) is 6.42 Å². The van der Waals surface area contributed by atoms with E-state index in [0.29, 0.717) is 12.5 Å². The molecule has 7 nitrogen and oxygen atoms in total. The predicted molar refractivity (Wildman–Crippen MR) is 74.7 cm³/mol. The van der Waals surface area contributed by atoms with Crippen LogP contribution in [0.1, 0.15) is 6.42 Å². The van der Waals surface area contributed by atoms with Crippen LogP contribution in [0.4, 0.5) is 11.8 Å². The number of nitrogens with zero attached hydrogens (tertiary/aromatic N) is 3. The number of anilines is 2. The number of nitrogens with one attached hydrogen (secondary N) is 1. The Morgan fingerprint density at radius 3 is 3.05 bits per heavy atom. The van der Waals surface area contributed by atoms with Crippen molar-refractivity contribution in [3.8, 4) is 0 Å². The van der Waals surface area contributed by atoms with E-state index in [1.807, 2.05) is 11.4 Å². The van der Waals surface area contributed by atoms with Crippen LogP contribution in [0.15, 0.2) is 11.4 Å². The summed E-state index contributed by atoms with van der Waals surface area (Å²) < 4.78 is 0. The van der Waals surface area contributed by atoms with E-state index in [1.165, 1.54) is 11.3 Å². The molecular formula is C11H14N6OS. The zero-order valence-corrected chi connectivity index (χ0v) is 11.0. The fourth-order valence-corrected chi connectivity index (χ4v) is 3.09. The van der Waals surface area contributed by atoms with E-state index in [0.717, 1.165) is 29.0 Å². The number of carbonyl (C=O) groups excluding carboxylic acids is 1. The first-order chi connectivity index (χ1) is 9.19. The third-order valence-corrected chi connectivity index (χ3v) is 4.13. The molecule has 1 atom stereocenters. The van der Waals surface area contributed by atoms with Crippen LogP contribution in [0.25, 0.3) is 10.2 Å². The number of hydrazine groups is 1. The number of nitrogens with two attached hydrogens (primary N) is 2. The molecule has 2 aromatic rings. The van der Waals surface area contributed by atoms with E-state index in [4.69, 9.17) is 11.6 Å². The maximum atomic E-state index is 11.2. The van der Waals surface area contributed by atoms with Crippen molar-refractivity contribution < 1.29 is 4.79 Å². The standard InChI is InChI=1S/C11H14N6OS/c12-8(18)6-1-3-17(5-6)9-7-2-4-19-10(7)15-11(14-9)16-13/h2,4,6H,1,3,5,13H2,(H2,12,18)(H,14,15,16). The summed E-state index contributed by atoms with van der Waals surface area (Å²) in [5.41, 5.74) is 7.83. The van der Waals surface area contributed by atoms with Gasteiger partial charge in [0.25, 0.3) is 0 Å². The van der Waals surface area contributed by atoms with Crippen LogP contribution in [0.5, 0.6) is 0 Å². The first kappa shape index (κ1) is 12.1. The molecule has 0 radical (unpaired) electrons. The number of rotatable bonds is 3. The first-order valence-electron chi connectivity index (χ1n) is 5.95. The number of nitrogen functional groups attached to an aromatic ring is 1. The third kappa shape index (κ3) is 2.08. The topological polar surface area (TPSA) is 110 Å². The average Bonchev–Trinajstić information content (AvgIpc) is 3.06. The lowest BCUT2D eigenvalue weighted by atomic mass is 10.1. The van der Waals surface area contributed by atoms with Gasteiger partial charge in [-0.2, -0.15) is 4.98 Å². The van der Waals surface area contributed by atoms with Crippen molar-refractivity contribution in [2.75, 3.05) is 23.4 Å². The minimum Gasteiger partial charge on any atom is -0.369 e. The minimum absolute atomic E-state index is 0.113. The van der Waals surface area contributed by atoms with E-state index in [9.17, 15) is 4.79 Å². The fraction of sp³-hybridized carbons (Fsp3) is 0.364. The summed E-state index contributed by atoms with van der Waals surface area (Å²) in [5.74, 6) is 6.21. The second-order valence-electron chi connectivity index (χ2n) is 4.49. The van der Waals surface area contributed by atoms with Crippen molar-refractivity contribution in [1.82, 2.24) is 9.97 Å². The Morgan fingerprint density at radius 2 is 2.37 bits per heavy atom. The van der Waals surface area contributed by atoms with Gasteiger partial charge in [-0.25, -0.2) is 10.8 Å². The Balaban J connectivity index is 2.00. The molecule has 0 bridgehead atoms. The molecule has 3 rings (SSSR count). The second-order valence-corrected chi connectivity index (χ2v) is 5.38. The zero-order valence-electron chi connectivity index (χ0n) is 10.2. The lowest BCUT2D eigenvalue weighted by molar-refractivity contribution is -0.121. The van der Waals surface area contributed by atoms with Crippen LogP contribution >= 0.6 is 11.3 Å². The van der Waals surface area contributed by atoms with Crippen molar-refractivity contribution in [3.05, 3.63) is 11.4 Å². The van der Waals surface area contributed by atoms with Gasteiger partial charge in [0.05, 0.1) is 11.3 Å². The largest absolute Gasteiger partial charge is 0.369 e. The van der Waals surface area contributed by atoms with Crippen LogP contribution in [0.3, 0.4) is 0 Å². The van der Waals surface area contributed by atoms with Crippen molar-refractivity contribution in [3.63, 3.8) is 0 Å². The van der Waals surface area contributed by atoms with Gasteiger partial charge in [-0.3, -0.25) is 10.2 Å². The third-order valence-electron chi connectivity index (χ3n) is 3.32. The van der Waals surface area contributed by atoms with Gasteiger partial charge < -0.3 is 10.6 Å². The lowest BCUT2D eigenvalue weighted by Gasteiger charge is -2.18. The van der Waals surface area contributed by atoms with Crippen molar-refractivity contribution >= 4 is 39.2 Å². The predicted octanol–water partition coefficient (Wildman–Crippen LogP) is 0.289. The van der Waals surface area contributed by atoms with Crippen LogP contribution < -0.4 is 21.9 Å². The fourth-order valence-electron chi connectivity index (χ4n) is 2.33. The molecule has 0 spiro atoms.